The van der Waals surface area contributed by atoms with Crippen molar-refractivity contribution in [2.24, 2.45) is 10.7 Å². The lowest BCUT2D eigenvalue weighted by Gasteiger charge is -2.09. The molecule has 1 aromatic rings. The number of hydrogen-bond donors (Lipinski definition) is 2. The van der Waals surface area contributed by atoms with Crippen LogP contribution in [-0.4, -0.2) is 24.5 Å². The molecule has 0 spiro atoms. The summed E-state index contributed by atoms with van der Waals surface area (Å²) >= 11 is 1.87. The number of nitrogens with zero attached hydrogens (tertiary/aromatic N) is 1. The summed E-state index contributed by atoms with van der Waals surface area (Å²) in [5.41, 5.74) is 8.19. The molecule has 0 aliphatic rings. The topological polar surface area (TPSA) is 50.4 Å². The maximum atomic E-state index is 5.88. The number of nitrogens with two attached hydrogens (primary N) is 1. The van der Waals surface area contributed by atoms with Gasteiger partial charge in [0.25, 0.3) is 0 Å². The van der Waals surface area contributed by atoms with Crippen molar-refractivity contribution >= 4 is 23.4 Å². The molecule has 1 rings (SSSR count). The Balaban J connectivity index is 2.45. The summed E-state index contributed by atoms with van der Waals surface area (Å²) in [7, 11) is 0. The predicted octanol–water partition coefficient (Wildman–Crippen LogP) is 3.68. The maximum Gasteiger partial charge on any atom is 0.193 e. The van der Waals surface area contributed by atoms with Crippen LogP contribution in [0.1, 0.15) is 38.2 Å². The zero-order valence-corrected chi connectivity index (χ0v) is 13.0. The molecule has 0 radical (unpaired) electrons. The zero-order chi connectivity index (χ0) is 14.1. The van der Waals surface area contributed by atoms with Gasteiger partial charge in [-0.05, 0) is 48.5 Å². The summed E-state index contributed by atoms with van der Waals surface area (Å²) in [5.74, 6) is 2.22. The Bertz CT molecular complexity index is 402. The average Bonchev–Trinajstić information content (AvgIpc) is 2.38. The Morgan fingerprint density at radius 3 is 2.84 bits per heavy atom. The van der Waals surface area contributed by atoms with Crippen LogP contribution in [0.3, 0.4) is 0 Å². The van der Waals surface area contributed by atoms with Crippen LogP contribution in [0.2, 0.25) is 0 Å². The van der Waals surface area contributed by atoms with E-state index in [0.29, 0.717) is 11.9 Å². The normalized spacial score (nSPS) is 11.9. The van der Waals surface area contributed by atoms with E-state index in [9.17, 15) is 0 Å². The molecule has 0 unspecified atom stereocenters. The number of nitrogens with one attached hydrogen (secondary N) is 1. The van der Waals surface area contributed by atoms with Gasteiger partial charge in [0, 0.05) is 12.2 Å². The third-order valence-electron chi connectivity index (χ3n) is 2.86. The van der Waals surface area contributed by atoms with E-state index in [1.165, 1.54) is 17.7 Å². The van der Waals surface area contributed by atoms with Gasteiger partial charge >= 0.3 is 0 Å². The lowest BCUT2D eigenvalue weighted by molar-refractivity contribution is 0.815. The molecule has 4 heteroatoms. The molecule has 106 valence electrons. The third-order valence-corrected chi connectivity index (χ3v) is 3.56. The number of hydrogen-bond acceptors (Lipinski definition) is 2. The molecule has 3 nitrogen and oxygen atoms in total. The first-order valence-electron chi connectivity index (χ1n) is 6.79. The fourth-order valence-corrected chi connectivity index (χ4v) is 2.21. The summed E-state index contributed by atoms with van der Waals surface area (Å²) in [6, 6.07) is 8.32. The quantitative estimate of drug-likeness (QED) is 0.455. The molecule has 19 heavy (non-hydrogen) atoms. The number of guanidine groups is 1. The van der Waals surface area contributed by atoms with Gasteiger partial charge in [0.2, 0.25) is 0 Å². The van der Waals surface area contributed by atoms with E-state index < -0.39 is 0 Å². The van der Waals surface area contributed by atoms with Gasteiger partial charge in [-0.1, -0.05) is 26.0 Å². The van der Waals surface area contributed by atoms with Crippen molar-refractivity contribution in [2.45, 2.75) is 32.6 Å². The van der Waals surface area contributed by atoms with Gasteiger partial charge < -0.3 is 11.1 Å². The number of anilines is 1. The second-order valence-electron chi connectivity index (χ2n) is 4.87. The smallest absolute Gasteiger partial charge is 0.193 e. The zero-order valence-electron chi connectivity index (χ0n) is 12.1. The van der Waals surface area contributed by atoms with E-state index in [1.54, 1.807) is 0 Å². The van der Waals surface area contributed by atoms with Gasteiger partial charge in [0.05, 0.1) is 0 Å². The molecule has 0 aromatic heterocycles. The Hall–Kier alpha value is -1.16. The highest BCUT2D eigenvalue weighted by Gasteiger charge is 2.00. The third kappa shape index (κ3) is 6.53. The van der Waals surface area contributed by atoms with Gasteiger partial charge in [0.15, 0.2) is 5.96 Å². The molecule has 0 bridgehead atoms. The second-order valence-corrected chi connectivity index (χ2v) is 5.86. The molecule has 0 aliphatic carbocycles. The van der Waals surface area contributed by atoms with Crippen molar-refractivity contribution in [2.75, 3.05) is 23.9 Å². The van der Waals surface area contributed by atoms with Crippen molar-refractivity contribution in [3.8, 4) is 0 Å². The largest absolute Gasteiger partial charge is 0.370 e. The van der Waals surface area contributed by atoms with Crippen molar-refractivity contribution in [1.82, 2.24) is 0 Å². The van der Waals surface area contributed by atoms with E-state index in [-0.39, 0.29) is 0 Å². The number of unbranched alkanes of at least 4 members (excludes halogenated alkanes) is 1. The lowest BCUT2D eigenvalue weighted by atomic mass is 10.0. The Morgan fingerprint density at radius 1 is 1.37 bits per heavy atom. The molecule has 0 saturated carbocycles. The van der Waals surface area contributed by atoms with E-state index in [4.69, 9.17) is 5.73 Å². The Labute approximate surface area is 121 Å². The molecule has 0 aliphatic heterocycles. The number of thioether (sulfide) groups is 1. The van der Waals surface area contributed by atoms with Crippen LogP contribution in [0.5, 0.6) is 0 Å². The van der Waals surface area contributed by atoms with Crippen molar-refractivity contribution in [3.63, 3.8) is 0 Å². The molecule has 0 amide bonds. The maximum absolute atomic E-state index is 5.88. The van der Waals surface area contributed by atoms with Crippen molar-refractivity contribution in [1.29, 1.82) is 0 Å². The molecular weight excluding hydrogens is 254 g/mol. The monoisotopic (exact) mass is 279 g/mol. The van der Waals surface area contributed by atoms with Crippen LogP contribution < -0.4 is 11.1 Å². The van der Waals surface area contributed by atoms with E-state index in [0.717, 1.165) is 18.7 Å². The first-order valence-corrected chi connectivity index (χ1v) is 8.18. The minimum Gasteiger partial charge on any atom is -0.370 e. The fraction of sp³-hybridized carbons (Fsp3) is 0.533. The van der Waals surface area contributed by atoms with Crippen LogP contribution >= 0.6 is 11.8 Å². The van der Waals surface area contributed by atoms with Gasteiger partial charge in [-0.2, -0.15) is 11.8 Å². The van der Waals surface area contributed by atoms with Crippen molar-refractivity contribution < 1.29 is 0 Å². The first-order chi connectivity index (χ1) is 9.13. The fourth-order valence-electron chi connectivity index (χ4n) is 1.72. The van der Waals surface area contributed by atoms with E-state index in [2.05, 4.69) is 42.5 Å². The highest BCUT2D eigenvalue weighted by molar-refractivity contribution is 7.98. The molecule has 0 saturated heterocycles. The SMILES string of the molecule is CSCCCCN=C(N)Nc1cccc(C(C)C)c1. The summed E-state index contributed by atoms with van der Waals surface area (Å²) in [4.78, 5) is 4.34. The highest BCUT2D eigenvalue weighted by Crippen LogP contribution is 2.18. The van der Waals surface area contributed by atoms with E-state index >= 15 is 0 Å². The highest BCUT2D eigenvalue weighted by atomic mass is 32.2. The standard InChI is InChI=1S/C15H25N3S/c1-12(2)13-7-6-8-14(11-13)18-15(16)17-9-4-5-10-19-3/h6-8,11-12H,4-5,9-10H2,1-3H3,(H3,16,17,18). The van der Waals surface area contributed by atoms with Crippen LogP contribution in [0, 0.1) is 0 Å². The van der Waals surface area contributed by atoms with Crippen LogP contribution in [-0.2, 0) is 0 Å². The van der Waals surface area contributed by atoms with Crippen LogP contribution in [0.25, 0.3) is 0 Å². The molecule has 1 aromatic carbocycles. The lowest BCUT2D eigenvalue weighted by Crippen LogP contribution is -2.22. The van der Waals surface area contributed by atoms with Crippen LogP contribution in [0.15, 0.2) is 29.3 Å². The minimum absolute atomic E-state index is 0.505. The van der Waals surface area contributed by atoms with Gasteiger partial charge in [-0.15, -0.1) is 0 Å². The average molecular weight is 279 g/mol. The summed E-state index contributed by atoms with van der Waals surface area (Å²) in [5, 5.41) is 3.15. The van der Waals surface area contributed by atoms with Crippen molar-refractivity contribution in [3.05, 3.63) is 29.8 Å². The molecule has 0 atom stereocenters. The number of rotatable bonds is 7. The van der Waals surface area contributed by atoms with Crippen LogP contribution in [0.4, 0.5) is 5.69 Å². The second kappa shape index (κ2) is 8.86. The molecule has 0 heterocycles. The Morgan fingerprint density at radius 2 is 2.16 bits per heavy atom. The summed E-state index contributed by atoms with van der Waals surface area (Å²) in [6.45, 7) is 5.16. The van der Waals surface area contributed by atoms with E-state index in [1.807, 2.05) is 23.9 Å². The predicted molar refractivity (Wildman–Crippen MR) is 88.3 cm³/mol. The molecular formula is C15H25N3S. The number of aliphatic imine (C=N–C) groups is 1. The first kappa shape index (κ1) is 15.9. The minimum atomic E-state index is 0.505. The number of benzene rings is 1. The van der Waals surface area contributed by atoms with Gasteiger partial charge in [0.1, 0.15) is 0 Å². The molecule has 0 fully saturated rings. The summed E-state index contributed by atoms with van der Waals surface area (Å²) < 4.78 is 0. The Kier molecular flexibility index (Phi) is 7.41. The molecule has 3 N–H and O–H groups in total. The summed E-state index contributed by atoms with van der Waals surface area (Å²) in [6.07, 6.45) is 4.41. The van der Waals surface area contributed by atoms with Gasteiger partial charge in [-0.3, -0.25) is 4.99 Å². The van der Waals surface area contributed by atoms with Gasteiger partial charge in [-0.25, -0.2) is 0 Å².